The number of carbonyl (C=O) groups excluding carboxylic acids is 2. The van der Waals surface area contributed by atoms with E-state index in [1.165, 1.54) is 6.92 Å². The SMILES string of the molecule is Cc1cc(S(F)(F)(F)(F)F)cc2c1O[C@H](C(F)(F)F)C(C(=O)OCOC(=O)O[C@@H](C)CCO[N+](=O)[O-])=C2. The van der Waals surface area contributed by atoms with Crippen molar-refractivity contribution in [1.82, 2.24) is 0 Å². The minimum atomic E-state index is -10.2. The average molecular weight is 575 g/mol. The van der Waals surface area contributed by atoms with Crippen LogP contribution in [0.4, 0.5) is 37.4 Å². The summed E-state index contributed by atoms with van der Waals surface area (Å²) >= 11 is 0. The lowest BCUT2D eigenvalue weighted by atomic mass is 9.99. The van der Waals surface area contributed by atoms with E-state index in [9.17, 15) is 52.3 Å². The predicted octanol–water partition coefficient (Wildman–Crippen LogP) is 6.00. The highest BCUT2D eigenvalue weighted by molar-refractivity contribution is 8.45. The number of carbonyl (C=O) groups is 2. The van der Waals surface area contributed by atoms with Gasteiger partial charge in [0.15, 0.2) is 0 Å². The van der Waals surface area contributed by atoms with Crippen LogP contribution in [-0.4, -0.2) is 49.0 Å². The Kier molecular flexibility index (Phi) is 7.56. The van der Waals surface area contributed by atoms with E-state index in [0.29, 0.717) is 0 Å². The third-order valence-corrected chi connectivity index (χ3v) is 5.60. The van der Waals surface area contributed by atoms with Crippen LogP contribution >= 0.6 is 10.2 Å². The molecular formula is C18H17F8NO9S. The normalized spacial score (nSPS) is 18.1. The zero-order chi connectivity index (χ0) is 28.5. The second-order valence-electron chi connectivity index (χ2n) is 7.48. The minimum Gasteiger partial charge on any atom is -0.475 e. The fourth-order valence-corrected chi connectivity index (χ4v) is 3.61. The van der Waals surface area contributed by atoms with E-state index in [4.69, 9.17) is 0 Å². The van der Waals surface area contributed by atoms with Crippen molar-refractivity contribution < 1.29 is 71.1 Å². The topological polar surface area (TPSA) is 123 Å². The standard InChI is InChI=1S/C18H17F8NO9S/c1-9-5-12(37(22,23,24,25)26)6-11-7-13(15(18(19,20)21)36-14(9)11)16(28)32-8-33-17(29)35-10(2)3-4-34-27(30)31/h5-7,10,15H,3-4,8H2,1-2H3/t10-,15-/m0/s1. The number of ether oxygens (including phenoxy) is 4. The van der Waals surface area contributed by atoms with Crippen molar-refractivity contribution in [2.75, 3.05) is 13.4 Å². The third kappa shape index (κ3) is 8.25. The number of aryl methyl sites for hydroxylation is 1. The monoisotopic (exact) mass is 575 g/mol. The molecule has 0 unspecified atom stereocenters. The molecule has 37 heavy (non-hydrogen) atoms. The summed E-state index contributed by atoms with van der Waals surface area (Å²) in [5.74, 6) is -2.68. The fourth-order valence-electron chi connectivity index (χ4n) is 2.86. The summed E-state index contributed by atoms with van der Waals surface area (Å²) in [6.45, 7) is 0.304. The fraction of sp³-hybridized carbons (Fsp3) is 0.444. The molecule has 1 aliphatic heterocycles. The highest BCUT2D eigenvalue weighted by Gasteiger charge is 2.65. The molecule has 10 nitrogen and oxygen atoms in total. The van der Waals surface area contributed by atoms with Gasteiger partial charge in [-0.1, -0.05) is 19.4 Å². The molecule has 0 N–H and O–H groups in total. The Balaban J connectivity index is 2.19. The Morgan fingerprint density at radius 2 is 1.78 bits per heavy atom. The van der Waals surface area contributed by atoms with Gasteiger partial charge in [0.1, 0.15) is 16.7 Å². The number of alkyl halides is 3. The summed E-state index contributed by atoms with van der Waals surface area (Å²) in [5.41, 5.74) is -3.02. The molecule has 0 saturated heterocycles. The van der Waals surface area contributed by atoms with Crippen molar-refractivity contribution >= 4 is 28.4 Å². The van der Waals surface area contributed by atoms with Gasteiger partial charge in [-0.15, -0.1) is 10.1 Å². The summed E-state index contributed by atoms with van der Waals surface area (Å²) in [7, 11) is -10.2. The maximum absolute atomic E-state index is 13.5. The summed E-state index contributed by atoms with van der Waals surface area (Å²) in [4.78, 5) is 35.3. The summed E-state index contributed by atoms with van der Waals surface area (Å²) in [5, 5.41) is 8.94. The number of esters is 1. The highest BCUT2D eigenvalue weighted by atomic mass is 32.5. The van der Waals surface area contributed by atoms with E-state index in [2.05, 4.69) is 23.8 Å². The lowest BCUT2D eigenvalue weighted by molar-refractivity contribution is -0.758. The van der Waals surface area contributed by atoms with Crippen LogP contribution in [0, 0.1) is 17.0 Å². The second-order valence-corrected chi connectivity index (χ2v) is 9.89. The first-order valence-electron chi connectivity index (χ1n) is 9.70. The van der Waals surface area contributed by atoms with Crippen molar-refractivity contribution in [2.45, 2.75) is 43.5 Å². The molecule has 0 saturated carbocycles. The van der Waals surface area contributed by atoms with E-state index >= 15 is 0 Å². The molecule has 210 valence electrons. The van der Waals surface area contributed by atoms with Crippen LogP contribution in [0.25, 0.3) is 6.08 Å². The summed E-state index contributed by atoms with van der Waals surface area (Å²) < 4.78 is 125. The van der Waals surface area contributed by atoms with Crippen molar-refractivity contribution in [3.05, 3.63) is 38.9 Å². The number of rotatable bonds is 9. The molecule has 0 aliphatic carbocycles. The molecule has 0 aromatic heterocycles. The first kappa shape index (κ1) is 29.7. The van der Waals surface area contributed by atoms with E-state index in [0.717, 1.165) is 6.92 Å². The number of halogens is 8. The first-order chi connectivity index (χ1) is 16.6. The summed E-state index contributed by atoms with van der Waals surface area (Å²) in [6, 6.07) is -0.239. The van der Waals surface area contributed by atoms with Gasteiger partial charge in [-0.25, -0.2) is 9.59 Å². The van der Waals surface area contributed by atoms with Crippen LogP contribution in [0.3, 0.4) is 0 Å². The first-order valence-corrected chi connectivity index (χ1v) is 11.6. The second kappa shape index (κ2) is 9.42. The molecule has 2 atom stereocenters. The zero-order valence-electron chi connectivity index (χ0n) is 18.6. The molecule has 1 aromatic carbocycles. The molecule has 0 radical (unpaired) electrons. The van der Waals surface area contributed by atoms with Crippen molar-refractivity contribution in [1.29, 1.82) is 0 Å². The predicted molar refractivity (Wildman–Crippen MR) is 107 cm³/mol. The van der Waals surface area contributed by atoms with Crippen molar-refractivity contribution in [3.63, 3.8) is 0 Å². The van der Waals surface area contributed by atoms with Gasteiger partial charge in [-0.05, 0) is 37.6 Å². The van der Waals surface area contributed by atoms with Gasteiger partial charge >= 0.3 is 28.5 Å². The largest absolute Gasteiger partial charge is 0.511 e. The minimum absolute atomic E-state index is 0.0745. The molecule has 0 spiro atoms. The molecule has 19 heteroatoms. The number of hydrogen-bond donors (Lipinski definition) is 0. The Bertz CT molecular complexity index is 1120. The van der Waals surface area contributed by atoms with Gasteiger partial charge in [0.25, 0.3) is 5.09 Å². The molecule has 1 heterocycles. The number of benzene rings is 1. The Labute approximate surface area is 201 Å². The Morgan fingerprint density at radius 3 is 2.32 bits per heavy atom. The molecule has 1 aliphatic rings. The lowest BCUT2D eigenvalue weighted by Gasteiger charge is -2.41. The maximum atomic E-state index is 13.5. The Morgan fingerprint density at radius 1 is 1.16 bits per heavy atom. The number of nitrogens with zero attached hydrogens (tertiary/aromatic N) is 1. The molecule has 0 fully saturated rings. The Hall–Kier alpha value is -3.51. The van der Waals surface area contributed by atoms with Crippen LogP contribution in [0.15, 0.2) is 22.6 Å². The molecule has 0 amide bonds. The van der Waals surface area contributed by atoms with Crippen LogP contribution in [-0.2, 0) is 23.8 Å². The van der Waals surface area contributed by atoms with Crippen LogP contribution < -0.4 is 4.74 Å². The highest BCUT2D eigenvalue weighted by Crippen LogP contribution is 3.02. The van der Waals surface area contributed by atoms with Gasteiger partial charge in [0.05, 0.1) is 12.2 Å². The average Bonchev–Trinajstić information content (AvgIpc) is 2.70. The van der Waals surface area contributed by atoms with Gasteiger partial charge in [-0.3, -0.25) is 0 Å². The maximum Gasteiger partial charge on any atom is 0.511 e. The van der Waals surface area contributed by atoms with Crippen LogP contribution in [0.5, 0.6) is 5.75 Å². The molecule has 1 aromatic rings. The van der Waals surface area contributed by atoms with Gasteiger partial charge in [0.2, 0.25) is 12.9 Å². The van der Waals surface area contributed by atoms with E-state index in [1.54, 1.807) is 0 Å². The van der Waals surface area contributed by atoms with Crippen molar-refractivity contribution in [2.24, 2.45) is 0 Å². The van der Waals surface area contributed by atoms with Crippen molar-refractivity contribution in [3.8, 4) is 5.75 Å². The molecular weight excluding hydrogens is 558 g/mol. The van der Waals surface area contributed by atoms with Crippen LogP contribution in [0.2, 0.25) is 0 Å². The van der Waals surface area contributed by atoms with E-state index in [-0.39, 0.29) is 24.6 Å². The van der Waals surface area contributed by atoms with Gasteiger partial charge in [-0.2, -0.15) is 13.2 Å². The zero-order valence-corrected chi connectivity index (χ0v) is 19.4. The van der Waals surface area contributed by atoms with Crippen LogP contribution in [0.1, 0.15) is 24.5 Å². The van der Waals surface area contributed by atoms with Gasteiger partial charge in [0, 0.05) is 12.0 Å². The smallest absolute Gasteiger partial charge is 0.475 e. The molecule has 0 bridgehead atoms. The van der Waals surface area contributed by atoms with E-state index in [1.807, 2.05) is 0 Å². The third-order valence-electron chi connectivity index (χ3n) is 4.47. The quantitative estimate of drug-likeness (QED) is 0.115. The summed E-state index contributed by atoms with van der Waals surface area (Å²) in [6.07, 6.45) is -10.7. The molecule has 2 rings (SSSR count). The lowest BCUT2D eigenvalue weighted by Crippen LogP contribution is -2.41. The van der Waals surface area contributed by atoms with E-state index < -0.39 is 86.6 Å². The number of fused-ring (bicyclic) bond motifs is 1. The van der Waals surface area contributed by atoms with Gasteiger partial charge < -0.3 is 23.8 Å². The number of hydrogen-bond acceptors (Lipinski definition) is 9.